The van der Waals surface area contributed by atoms with E-state index in [4.69, 9.17) is 16.3 Å². The highest BCUT2D eigenvalue weighted by molar-refractivity contribution is 6.32. The van der Waals surface area contributed by atoms with Gasteiger partial charge in [-0.15, -0.1) is 0 Å². The van der Waals surface area contributed by atoms with E-state index in [1.807, 2.05) is 0 Å². The summed E-state index contributed by atoms with van der Waals surface area (Å²) >= 11 is 5.77. The van der Waals surface area contributed by atoms with Gasteiger partial charge >= 0.3 is 6.01 Å². The third-order valence-corrected chi connectivity index (χ3v) is 3.92. The van der Waals surface area contributed by atoms with Crippen LogP contribution >= 0.6 is 11.6 Å². The Kier molecular flexibility index (Phi) is 5.28. The van der Waals surface area contributed by atoms with Crippen LogP contribution in [0.25, 0.3) is 0 Å². The van der Waals surface area contributed by atoms with Crippen LogP contribution in [0.4, 0.5) is 11.4 Å². The summed E-state index contributed by atoms with van der Waals surface area (Å²) in [5.41, 5.74) is 1.08. The number of nitro benzene ring substituents is 1. The van der Waals surface area contributed by atoms with Crippen LogP contribution < -0.4 is 10.1 Å². The number of aryl methyl sites for hydroxylation is 1. The van der Waals surface area contributed by atoms with E-state index < -0.39 is 10.8 Å². The van der Waals surface area contributed by atoms with Crippen molar-refractivity contribution in [3.05, 3.63) is 81.1 Å². The molecule has 1 N–H and O–H groups in total. The topological polar surface area (TPSA) is 107 Å². The number of rotatable bonds is 5. The molecule has 3 rings (SSSR count). The van der Waals surface area contributed by atoms with Crippen LogP contribution in [0, 0.1) is 17.0 Å². The first-order valence-corrected chi connectivity index (χ1v) is 8.12. The van der Waals surface area contributed by atoms with Crippen LogP contribution in [0.15, 0.2) is 54.9 Å². The Morgan fingerprint density at radius 1 is 1.19 bits per heavy atom. The molecule has 1 heterocycles. The van der Waals surface area contributed by atoms with Gasteiger partial charge < -0.3 is 10.1 Å². The lowest BCUT2D eigenvalue weighted by Gasteiger charge is -2.10. The number of carbonyl (C=O) groups excluding carboxylic acids is 1. The van der Waals surface area contributed by atoms with Crippen LogP contribution in [0.3, 0.4) is 0 Å². The summed E-state index contributed by atoms with van der Waals surface area (Å²) in [5.74, 6) is 0.0248. The molecule has 2 aromatic carbocycles. The van der Waals surface area contributed by atoms with Gasteiger partial charge in [-0.1, -0.05) is 11.6 Å². The third-order valence-electron chi connectivity index (χ3n) is 3.60. The molecular formula is C18H13ClN4O4. The van der Waals surface area contributed by atoms with Crippen molar-refractivity contribution in [2.75, 3.05) is 5.32 Å². The lowest BCUT2D eigenvalue weighted by Crippen LogP contribution is -2.13. The Morgan fingerprint density at radius 3 is 2.59 bits per heavy atom. The number of nitrogens with zero attached hydrogens (tertiary/aromatic N) is 3. The van der Waals surface area contributed by atoms with Crippen LogP contribution in [0.1, 0.15) is 15.9 Å². The zero-order valence-electron chi connectivity index (χ0n) is 14.0. The lowest BCUT2D eigenvalue weighted by molar-refractivity contribution is -0.384. The molecule has 8 nitrogen and oxygen atoms in total. The maximum absolute atomic E-state index is 12.4. The summed E-state index contributed by atoms with van der Waals surface area (Å²) in [6.07, 6.45) is 3.13. The number of halogens is 1. The number of hydrogen-bond acceptors (Lipinski definition) is 6. The molecule has 0 bridgehead atoms. The molecule has 1 aromatic heterocycles. The molecule has 0 spiro atoms. The van der Waals surface area contributed by atoms with Crippen LogP contribution in [-0.2, 0) is 0 Å². The molecular weight excluding hydrogens is 372 g/mol. The zero-order valence-corrected chi connectivity index (χ0v) is 14.8. The highest BCUT2D eigenvalue weighted by atomic mass is 35.5. The fraction of sp³-hybridized carbons (Fsp3) is 0.0556. The van der Waals surface area contributed by atoms with Gasteiger partial charge in [-0.2, -0.15) is 0 Å². The Labute approximate surface area is 158 Å². The van der Waals surface area contributed by atoms with Crippen molar-refractivity contribution >= 4 is 28.9 Å². The minimum atomic E-state index is -0.637. The van der Waals surface area contributed by atoms with Crippen molar-refractivity contribution < 1.29 is 14.5 Å². The first-order valence-electron chi connectivity index (χ1n) is 7.75. The van der Waals surface area contributed by atoms with Crippen molar-refractivity contribution in [2.45, 2.75) is 6.92 Å². The molecule has 1 amide bonds. The molecule has 0 aliphatic heterocycles. The maximum atomic E-state index is 12.4. The average molecular weight is 385 g/mol. The molecule has 0 fully saturated rings. The van der Waals surface area contributed by atoms with Gasteiger partial charge in [0, 0.05) is 29.7 Å². The second-order valence-electron chi connectivity index (χ2n) is 5.49. The van der Waals surface area contributed by atoms with Crippen molar-refractivity contribution in [3.8, 4) is 11.8 Å². The van der Waals surface area contributed by atoms with Gasteiger partial charge in [-0.05, 0) is 48.9 Å². The predicted octanol–water partition coefficient (Wildman–Crippen LogP) is 4.39. The molecule has 0 unspecified atom stereocenters. The summed E-state index contributed by atoms with van der Waals surface area (Å²) < 4.78 is 5.53. The molecule has 0 saturated heterocycles. The zero-order chi connectivity index (χ0) is 19.4. The number of ether oxygens (including phenoxy) is 1. The molecule has 0 radical (unpaired) electrons. The lowest BCUT2D eigenvalue weighted by atomic mass is 10.1. The summed E-state index contributed by atoms with van der Waals surface area (Å²) in [6.45, 7) is 1.79. The van der Waals surface area contributed by atoms with Crippen LogP contribution in [0.2, 0.25) is 5.02 Å². The monoisotopic (exact) mass is 384 g/mol. The van der Waals surface area contributed by atoms with E-state index in [9.17, 15) is 14.9 Å². The molecule has 0 atom stereocenters. The van der Waals surface area contributed by atoms with E-state index in [1.165, 1.54) is 12.1 Å². The second kappa shape index (κ2) is 7.79. The van der Waals surface area contributed by atoms with E-state index in [0.29, 0.717) is 11.4 Å². The standard InChI is InChI=1S/C18H13ClN4O4/c1-11-9-13(27-18-20-7-2-8-21-18)4-6-15(11)22-17(24)12-3-5-14(19)16(10-12)23(25)26/h2-10H,1H3,(H,22,24). The van der Waals surface area contributed by atoms with E-state index >= 15 is 0 Å². The number of benzene rings is 2. The third kappa shape index (κ3) is 4.36. The van der Waals surface area contributed by atoms with E-state index in [1.54, 1.807) is 43.6 Å². The Bertz CT molecular complexity index is 1010. The number of aromatic nitrogens is 2. The van der Waals surface area contributed by atoms with Gasteiger partial charge in [0.2, 0.25) is 0 Å². The summed E-state index contributed by atoms with van der Waals surface area (Å²) in [4.78, 5) is 30.7. The van der Waals surface area contributed by atoms with Gasteiger partial charge in [0.15, 0.2) is 0 Å². The van der Waals surface area contributed by atoms with E-state index in [-0.39, 0.29) is 22.3 Å². The van der Waals surface area contributed by atoms with Crippen molar-refractivity contribution in [1.29, 1.82) is 0 Å². The average Bonchev–Trinajstić information content (AvgIpc) is 2.65. The number of carbonyl (C=O) groups is 1. The Morgan fingerprint density at radius 2 is 1.93 bits per heavy atom. The number of amides is 1. The number of hydrogen-bond donors (Lipinski definition) is 1. The molecule has 27 heavy (non-hydrogen) atoms. The Hall–Kier alpha value is -3.52. The van der Waals surface area contributed by atoms with Gasteiger partial charge in [-0.3, -0.25) is 14.9 Å². The van der Waals surface area contributed by atoms with Gasteiger partial charge in [0.1, 0.15) is 10.8 Å². The molecule has 0 saturated carbocycles. The highest BCUT2D eigenvalue weighted by Gasteiger charge is 2.17. The van der Waals surface area contributed by atoms with Crippen LogP contribution in [0.5, 0.6) is 11.8 Å². The van der Waals surface area contributed by atoms with Gasteiger partial charge in [-0.25, -0.2) is 9.97 Å². The largest absolute Gasteiger partial charge is 0.424 e. The second-order valence-corrected chi connectivity index (χ2v) is 5.89. The number of nitrogens with one attached hydrogen (secondary N) is 1. The number of nitro groups is 1. The Balaban J connectivity index is 1.76. The smallest absolute Gasteiger partial charge is 0.321 e. The highest BCUT2D eigenvalue weighted by Crippen LogP contribution is 2.27. The van der Waals surface area contributed by atoms with Crippen LogP contribution in [-0.4, -0.2) is 20.8 Å². The molecule has 0 aliphatic rings. The SMILES string of the molecule is Cc1cc(Oc2ncccn2)ccc1NC(=O)c1ccc(Cl)c([N+](=O)[O-])c1. The fourth-order valence-electron chi connectivity index (χ4n) is 2.27. The molecule has 136 valence electrons. The maximum Gasteiger partial charge on any atom is 0.321 e. The molecule has 0 aliphatic carbocycles. The van der Waals surface area contributed by atoms with Crippen molar-refractivity contribution in [1.82, 2.24) is 9.97 Å². The summed E-state index contributed by atoms with van der Waals surface area (Å²) in [7, 11) is 0. The van der Waals surface area contributed by atoms with Crippen molar-refractivity contribution in [3.63, 3.8) is 0 Å². The minimum Gasteiger partial charge on any atom is -0.424 e. The van der Waals surface area contributed by atoms with Gasteiger partial charge in [0.05, 0.1) is 4.92 Å². The van der Waals surface area contributed by atoms with Crippen molar-refractivity contribution in [2.24, 2.45) is 0 Å². The fourth-order valence-corrected chi connectivity index (χ4v) is 2.46. The van der Waals surface area contributed by atoms with E-state index in [0.717, 1.165) is 11.6 Å². The quantitative estimate of drug-likeness (QED) is 0.516. The summed E-state index contributed by atoms with van der Waals surface area (Å²) in [5, 5.41) is 13.6. The minimum absolute atomic E-state index is 0.0302. The number of anilines is 1. The first kappa shape index (κ1) is 18.3. The van der Waals surface area contributed by atoms with E-state index in [2.05, 4.69) is 15.3 Å². The normalized spacial score (nSPS) is 10.3. The predicted molar refractivity (Wildman–Crippen MR) is 99.3 cm³/mol. The first-order chi connectivity index (χ1) is 12.9. The molecule has 3 aromatic rings. The summed E-state index contributed by atoms with van der Waals surface area (Å²) in [6, 6.07) is 10.8. The molecule has 9 heteroatoms. The van der Waals surface area contributed by atoms with Gasteiger partial charge in [0.25, 0.3) is 11.6 Å².